The zero-order valence-corrected chi connectivity index (χ0v) is 15.9. The van der Waals surface area contributed by atoms with Gasteiger partial charge in [-0.2, -0.15) is 5.10 Å². The molecule has 0 amide bonds. The Hall–Kier alpha value is -1.24. The fourth-order valence-corrected chi connectivity index (χ4v) is 3.67. The van der Waals surface area contributed by atoms with Crippen molar-refractivity contribution in [2.24, 2.45) is 0 Å². The normalized spacial score (nSPS) is 23.2. The van der Waals surface area contributed by atoms with Gasteiger partial charge < -0.3 is 4.74 Å². The molecule has 140 valence electrons. The summed E-state index contributed by atoms with van der Waals surface area (Å²) in [6, 6.07) is 3.95. The molecule has 2 fully saturated rings. The summed E-state index contributed by atoms with van der Waals surface area (Å²) in [4.78, 5) is 17.3. The summed E-state index contributed by atoms with van der Waals surface area (Å²) in [6.07, 6.45) is 2.36. The lowest BCUT2D eigenvalue weighted by Crippen LogP contribution is -2.44. The Morgan fingerprint density at radius 1 is 1.16 bits per heavy atom. The topological polar surface area (TPSA) is 50.6 Å². The van der Waals surface area contributed by atoms with E-state index >= 15 is 0 Å². The molecular formula is C19H32N4O2. The van der Waals surface area contributed by atoms with E-state index in [1.165, 1.54) is 6.42 Å². The summed E-state index contributed by atoms with van der Waals surface area (Å²) < 4.78 is 7.10. The van der Waals surface area contributed by atoms with E-state index < -0.39 is 0 Å². The standard InChI is InChI=1S/C19H32N4O2/c1-19(2,3)17-6-7-18(24)23(20-17)15-16-5-4-8-22(16)10-9-21-11-13-25-14-12-21/h6-7,16H,4-5,8-15H2,1-3H3. The molecule has 1 unspecified atom stereocenters. The van der Waals surface area contributed by atoms with Crippen LogP contribution in [0.25, 0.3) is 0 Å². The van der Waals surface area contributed by atoms with Gasteiger partial charge in [0.15, 0.2) is 0 Å². The van der Waals surface area contributed by atoms with Crippen LogP contribution >= 0.6 is 0 Å². The van der Waals surface area contributed by atoms with E-state index in [0.29, 0.717) is 12.6 Å². The molecule has 1 aromatic heterocycles. The summed E-state index contributed by atoms with van der Waals surface area (Å²) >= 11 is 0. The van der Waals surface area contributed by atoms with Crippen LogP contribution in [0, 0.1) is 0 Å². The van der Waals surface area contributed by atoms with Gasteiger partial charge in [0.2, 0.25) is 0 Å². The maximum atomic E-state index is 12.3. The minimum Gasteiger partial charge on any atom is -0.379 e. The van der Waals surface area contributed by atoms with Crippen LogP contribution in [0.3, 0.4) is 0 Å². The van der Waals surface area contributed by atoms with Gasteiger partial charge in [-0.3, -0.25) is 14.6 Å². The molecule has 0 N–H and O–H groups in total. The highest BCUT2D eigenvalue weighted by molar-refractivity contribution is 5.10. The van der Waals surface area contributed by atoms with Gasteiger partial charge in [-0.15, -0.1) is 0 Å². The van der Waals surface area contributed by atoms with Crippen molar-refractivity contribution in [1.82, 2.24) is 19.6 Å². The van der Waals surface area contributed by atoms with Crippen molar-refractivity contribution in [2.45, 2.75) is 51.6 Å². The molecule has 25 heavy (non-hydrogen) atoms. The first kappa shape index (κ1) is 18.5. The predicted octanol–water partition coefficient (Wildman–Crippen LogP) is 1.34. The van der Waals surface area contributed by atoms with E-state index in [4.69, 9.17) is 4.74 Å². The maximum absolute atomic E-state index is 12.3. The quantitative estimate of drug-likeness (QED) is 0.804. The van der Waals surface area contributed by atoms with Crippen LogP contribution in [0.4, 0.5) is 0 Å². The van der Waals surface area contributed by atoms with Gasteiger partial charge in [-0.1, -0.05) is 20.8 Å². The van der Waals surface area contributed by atoms with Crippen molar-refractivity contribution in [1.29, 1.82) is 0 Å². The zero-order chi connectivity index (χ0) is 17.9. The number of hydrogen-bond donors (Lipinski definition) is 0. The first-order chi connectivity index (χ1) is 11.9. The van der Waals surface area contributed by atoms with Gasteiger partial charge in [0.05, 0.1) is 25.5 Å². The number of nitrogens with zero attached hydrogens (tertiary/aromatic N) is 4. The highest BCUT2D eigenvalue weighted by Gasteiger charge is 2.26. The van der Waals surface area contributed by atoms with Gasteiger partial charge in [-0.05, 0) is 25.5 Å². The number of likely N-dealkylation sites (tertiary alicyclic amines) is 1. The van der Waals surface area contributed by atoms with E-state index in [1.807, 2.05) is 6.07 Å². The Labute approximate surface area is 150 Å². The molecule has 1 aromatic rings. The number of ether oxygens (including phenoxy) is 1. The molecule has 0 aliphatic carbocycles. The Morgan fingerprint density at radius 3 is 2.64 bits per heavy atom. The van der Waals surface area contributed by atoms with E-state index in [-0.39, 0.29) is 11.0 Å². The molecule has 2 saturated heterocycles. The van der Waals surface area contributed by atoms with Crippen LogP contribution in [-0.4, -0.2) is 71.6 Å². The molecule has 2 aliphatic rings. The van der Waals surface area contributed by atoms with Crippen LogP contribution in [0.5, 0.6) is 0 Å². The molecule has 1 atom stereocenters. The number of rotatable bonds is 5. The monoisotopic (exact) mass is 348 g/mol. The smallest absolute Gasteiger partial charge is 0.266 e. The first-order valence-electron chi connectivity index (χ1n) is 9.56. The van der Waals surface area contributed by atoms with Crippen molar-refractivity contribution in [3.63, 3.8) is 0 Å². The van der Waals surface area contributed by atoms with Crippen LogP contribution in [-0.2, 0) is 16.7 Å². The van der Waals surface area contributed by atoms with Gasteiger partial charge >= 0.3 is 0 Å². The molecule has 0 radical (unpaired) electrons. The third-order valence-corrected chi connectivity index (χ3v) is 5.32. The SMILES string of the molecule is CC(C)(C)c1ccc(=O)n(CC2CCCN2CCN2CCOCC2)n1. The minimum atomic E-state index is -0.0405. The molecule has 6 heteroatoms. The Kier molecular flexibility index (Phi) is 5.92. The van der Waals surface area contributed by atoms with Gasteiger partial charge in [0, 0.05) is 43.7 Å². The molecular weight excluding hydrogens is 316 g/mol. The van der Waals surface area contributed by atoms with Crippen molar-refractivity contribution in [3.8, 4) is 0 Å². The second-order valence-corrected chi connectivity index (χ2v) is 8.27. The van der Waals surface area contributed by atoms with E-state index in [0.717, 1.165) is 58.1 Å². The first-order valence-corrected chi connectivity index (χ1v) is 9.56. The predicted molar refractivity (Wildman–Crippen MR) is 99.1 cm³/mol. The fraction of sp³-hybridized carbons (Fsp3) is 0.789. The van der Waals surface area contributed by atoms with Gasteiger partial charge in [-0.25, -0.2) is 4.68 Å². The minimum absolute atomic E-state index is 0.00743. The van der Waals surface area contributed by atoms with E-state index in [2.05, 4.69) is 35.7 Å². The lowest BCUT2D eigenvalue weighted by atomic mass is 9.92. The highest BCUT2D eigenvalue weighted by atomic mass is 16.5. The molecule has 3 heterocycles. The van der Waals surface area contributed by atoms with Crippen LogP contribution in [0.1, 0.15) is 39.3 Å². The number of aromatic nitrogens is 2. The summed E-state index contributed by atoms with van der Waals surface area (Å²) in [5.74, 6) is 0. The zero-order valence-electron chi connectivity index (χ0n) is 15.9. The van der Waals surface area contributed by atoms with Crippen molar-refractivity contribution < 1.29 is 4.74 Å². The molecule has 0 bridgehead atoms. The van der Waals surface area contributed by atoms with Crippen LogP contribution in [0.2, 0.25) is 0 Å². The molecule has 2 aliphatic heterocycles. The average Bonchev–Trinajstić information content (AvgIpc) is 3.02. The maximum Gasteiger partial charge on any atom is 0.266 e. The molecule has 0 aromatic carbocycles. The summed E-state index contributed by atoms with van der Waals surface area (Å²) in [7, 11) is 0. The van der Waals surface area contributed by atoms with Crippen LogP contribution in [0.15, 0.2) is 16.9 Å². The molecule has 3 rings (SSSR count). The Balaban J connectivity index is 1.62. The van der Waals surface area contributed by atoms with E-state index in [9.17, 15) is 4.79 Å². The largest absolute Gasteiger partial charge is 0.379 e. The number of hydrogen-bond acceptors (Lipinski definition) is 5. The summed E-state index contributed by atoms with van der Waals surface area (Å²) in [6.45, 7) is 14.2. The van der Waals surface area contributed by atoms with Gasteiger partial charge in [0.25, 0.3) is 5.56 Å². The second-order valence-electron chi connectivity index (χ2n) is 8.27. The second kappa shape index (κ2) is 7.98. The van der Waals surface area contributed by atoms with Gasteiger partial charge in [0.1, 0.15) is 0 Å². The lowest BCUT2D eigenvalue weighted by molar-refractivity contribution is 0.0322. The van der Waals surface area contributed by atoms with Crippen LogP contribution < -0.4 is 5.56 Å². The average molecular weight is 348 g/mol. The van der Waals surface area contributed by atoms with Crippen molar-refractivity contribution in [3.05, 3.63) is 28.2 Å². The molecule has 0 spiro atoms. The fourth-order valence-electron chi connectivity index (χ4n) is 3.67. The summed E-state index contributed by atoms with van der Waals surface area (Å²) in [5, 5.41) is 4.64. The third-order valence-electron chi connectivity index (χ3n) is 5.32. The van der Waals surface area contributed by atoms with Crippen molar-refractivity contribution in [2.75, 3.05) is 45.9 Å². The highest BCUT2D eigenvalue weighted by Crippen LogP contribution is 2.20. The third kappa shape index (κ3) is 4.90. The van der Waals surface area contributed by atoms with Crippen molar-refractivity contribution >= 4 is 0 Å². The van der Waals surface area contributed by atoms with E-state index in [1.54, 1.807) is 10.7 Å². The Bertz CT molecular complexity index is 617. The molecule has 6 nitrogen and oxygen atoms in total. The number of morpholine rings is 1. The molecule has 0 saturated carbocycles. The summed E-state index contributed by atoms with van der Waals surface area (Å²) in [5.41, 5.74) is 0.944. The Morgan fingerprint density at radius 2 is 1.92 bits per heavy atom. The lowest BCUT2D eigenvalue weighted by Gasteiger charge is -2.31.